The first-order chi connectivity index (χ1) is 15.9. The third-order valence-corrected chi connectivity index (χ3v) is 5.81. The molecule has 0 saturated heterocycles. The zero-order valence-corrected chi connectivity index (χ0v) is 19.3. The number of carbonyl (C=O) groups is 1. The fraction of sp³-hybridized carbons (Fsp3) is 0.385. The van der Waals surface area contributed by atoms with Gasteiger partial charge in [-0.1, -0.05) is 30.3 Å². The van der Waals surface area contributed by atoms with Crippen molar-refractivity contribution >= 4 is 5.97 Å². The van der Waals surface area contributed by atoms with Crippen molar-refractivity contribution in [2.75, 3.05) is 14.2 Å². The zero-order chi connectivity index (χ0) is 23.8. The highest BCUT2D eigenvalue weighted by molar-refractivity contribution is 5.69. The molecule has 0 saturated carbocycles. The second-order valence-corrected chi connectivity index (χ2v) is 8.13. The smallest absolute Gasteiger partial charge is 0.311 e. The van der Waals surface area contributed by atoms with Crippen molar-refractivity contribution in [1.29, 1.82) is 0 Å². The number of methoxy groups -OCH3 is 2. The summed E-state index contributed by atoms with van der Waals surface area (Å²) in [6.45, 7) is 1.90. The Labute approximate surface area is 194 Å². The zero-order valence-electron chi connectivity index (χ0n) is 19.3. The molecule has 0 aliphatic heterocycles. The summed E-state index contributed by atoms with van der Waals surface area (Å²) in [4.78, 5) is 15.2. The van der Waals surface area contributed by atoms with Gasteiger partial charge in [0.1, 0.15) is 23.7 Å². The molecule has 2 N–H and O–H groups in total. The molecule has 0 bridgehead atoms. The van der Waals surface area contributed by atoms with Gasteiger partial charge in [0.25, 0.3) is 0 Å². The Morgan fingerprint density at radius 2 is 1.79 bits per heavy atom. The Hall–Kier alpha value is -3.32. The number of aryl methyl sites for hydroxylation is 1. The first-order valence-electron chi connectivity index (χ1n) is 11.0. The molecule has 0 aliphatic rings. The number of nitrogens with zero attached hydrogens (tertiary/aromatic N) is 1. The van der Waals surface area contributed by atoms with Gasteiger partial charge in [-0.15, -0.1) is 0 Å². The maximum Gasteiger partial charge on any atom is 0.311 e. The normalized spacial score (nSPS) is 12.8. The van der Waals surface area contributed by atoms with E-state index in [0.717, 1.165) is 24.8 Å². The van der Waals surface area contributed by atoms with E-state index in [2.05, 4.69) is 17.1 Å². The predicted molar refractivity (Wildman–Crippen MR) is 124 cm³/mol. The van der Waals surface area contributed by atoms with Crippen LogP contribution < -0.4 is 9.47 Å². The summed E-state index contributed by atoms with van der Waals surface area (Å²) in [6.07, 6.45) is 3.28. The lowest BCUT2D eigenvalue weighted by Crippen LogP contribution is -2.17. The lowest BCUT2D eigenvalue weighted by atomic mass is 9.87. The molecule has 0 unspecified atom stereocenters. The second kappa shape index (κ2) is 11.5. The minimum Gasteiger partial charge on any atom is -0.496 e. The van der Waals surface area contributed by atoms with Crippen LogP contribution in [0.15, 0.2) is 53.1 Å². The topological polar surface area (TPSA) is 102 Å². The van der Waals surface area contributed by atoms with E-state index in [9.17, 15) is 9.90 Å². The van der Waals surface area contributed by atoms with Crippen molar-refractivity contribution in [1.82, 2.24) is 4.98 Å². The van der Waals surface area contributed by atoms with Crippen molar-refractivity contribution in [3.8, 4) is 11.5 Å². The molecule has 176 valence electrons. The number of rotatable bonds is 12. The van der Waals surface area contributed by atoms with Gasteiger partial charge in [-0.3, -0.25) is 4.79 Å². The van der Waals surface area contributed by atoms with Crippen LogP contribution >= 0.6 is 0 Å². The van der Waals surface area contributed by atoms with E-state index >= 15 is 0 Å². The van der Waals surface area contributed by atoms with Crippen LogP contribution in [0, 0.1) is 12.8 Å². The van der Waals surface area contributed by atoms with Crippen molar-refractivity contribution in [3.05, 3.63) is 77.0 Å². The summed E-state index contributed by atoms with van der Waals surface area (Å²) < 4.78 is 16.6. The summed E-state index contributed by atoms with van der Waals surface area (Å²) in [5.41, 5.74) is 2.79. The largest absolute Gasteiger partial charge is 0.496 e. The van der Waals surface area contributed by atoms with Gasteiger partial charge in [0.2, 0.25) is 0 Å². The van der Waals surface area contributed by atoms with Crippen LogP contribution in [0.2, 0.25) is 0 Å². The average molecular weight is 454 g/mol. The molecule has 7 nitrogen and oxygen atoms in total. The molecule has 33 heavy (non-hydrogen) atoms. The van der Waals surface area contributed by atoms with Crippen LogP contribution in [0.25, 0.3) is 0 Å². The molecular formula is C26H31NO6. The van der Waals surface area contributed by atoms with Gasteiger partial charge in [0, 0.05) is 12.0 Å². The maximum absolute atomic E-state index is 11.3. The molecular weight excluding hydrogens is 422 g/mol. The minimum absolute atomic E-state index is 0.192. The number of aromatic nitrogens is 1. The first-order valence-corrected chi connectivity index (χ1v) is 11.0. The first kappa shape index (κ1) is 24.3. The van der Waals surface area contributed by atoms with Gasteiger partial charge >= 0.3 is 5.97 Å². The summed E-state index contributed by atoms with van der Waals surface area (Å²) in [5.74, 6) is 0.838. The molecule has 0 fully saturated rings. The van der Waals surface area contributed by atoms with E-state index in [4.69, 9.17) is 19.0 Å². The summed E-state index contributed by atoms with van der Waals surface area (Å²) in [6, 6.07) is 13.9. The number of aliphatic hydroxyl groups is 1. The van der Waals surface area contributed by atoms with Crippen LogP contribution in [0.4, 0.5) is 0 Å². The van der Waals surface area contributed by atoms with Crippen LogP contribution in [0.5, 0.6) is 11.5 Å². The van der Waals surface area contributed by atoms with Crippen LogP contribution in [0.1, 0.15) is 47.3 Å². The number of aliphatic carboxylic acids is 1. The van der Waals surface area contributed by atoms with Crippen LogP contribution in [-0.2, 0) is 24.1 Å². The predicted octanol–water partition coefficient (Wildman–Crippen LogP) is 4.54. The van der Waals surface area contributed by atoms with E-state index < -0.39 is 12.1 Å². The minimum atomic E-state index is -0.976. The molecule has 3 aromatic rings. The third-order valence-electron chi connectivity index (χ3n) is 5.81. The van der Waals surface area contributed by atoms with Crippen LogP contribution in [-0.4, -0.2) is 35.4 Å². The summed E-state index contributed by atoms with van der Waals surface area (Å²) in [7, 11) is 3.18. The molecule has 2 atom stereocenters. The number of aliphatic hydroxyl groups excluding tert-OH is 1. The number of oxazole rings is 1. The van der Waals surface area contributed by atoms with Gasteiger partial charge in [-0.2, -0.15) is 0 Å². The van der Waals surface area contributed by atoms with Crippen molar-refractivity contribution in [2.24, 2.45) is 5.92 Å². The van der Waals surface area contributed by atoms with Gasteiger partial charge in [0.15, 0.2) is 5.89 Å². The third kappa shape index (κ3) is 6.58. The van der Waals surface area contributed by atoms with E-state index in [1.165, 1.54) is 11.8 Å². The standard InChI is InChI=1S/C26H31NO6/c1-17-22(31-2)12-20(13-23(17)32-3)26(30)19(11-7-10-18-8-5-4-6-9-18)14-24-27-16-21(33-24)15-25(28)29/h4-6,8-9,12-13,16,19,26,30H,7,10-11,14-15H2,1-3H3,(H,28,29)/t19-,26-/m0/s1. The highest BCUT2D eigenvalue weighted by Gasteiger charge is 2.25. The number of hydrogen-bond acceptors (Lipinski definition) is 6. The lowest BCUT2D eigenvalue weighted by Gasteiger charge is -2.24. The number of carboxylic acids is 1. The second-order valence-electron chi connectivity index (χ2n) is 8.13. The quantitative estimate of drug-likeness (QED) is 0.415. The Morgan fingerprint density at radius 1 is 1.12 bits per heavy atom. The van der Waals surface area contributed by atoms with Crippen molar-refractivity contribution < 1.29 is 28.9 Å². The number of carboxylic acid groups (broad SMARTS) is 1. The molecule has 1 aromatic heterocycles. The molecule has 0 spiro atoms. The maximum atomic E-state index is 11.3. The molecule has 3 rings (SSSR count). The monoisotopic (exact) mass is 453 g/mol. The fourth-order valence-electron chi connectivity index (χ4n) is 4.03. The fourth-order valence-corrected chi connectivity index (χ4v) is 4.03. The van der Waals surface area contributed by atoms with Gasteiger partial charge < -0.3 is 24.1 Å². The Kier molecular flexibility index (Phi) is 8.49. The molecule has 0 aliphatic carbocycles. The molecule has 7 heteroatoms. The Morgan fingerprint density at radius 3 is 2.39 bits per heavy atom. The average Bonchev–Trinajstić information content (AvgIpc) is 3.24. The Bertz CT molecular complexity index is 1020. The number of ether oxygens (including phenoxy) is 2. The number of hydrogen-bond donors (Lipinski definition) is 2. The highest BCUT2D eigenvalue weighted by atomic mass is 16.5. The molecule has 0 amide bonds. The molecule has 2 aromatic carbocycles. The van der Waals surface area contributed by atoms with Gasteiger partial charge in [0.05, 0.1) is 26.5 Å². The lowest BCUT2D eigenvalue weighted by molar-refractivity contribution is -0.136. The van der Waals surface area contributed by atoms with E-state index in [0.29, 0.717) is 35.1 Å². The Balaban J connectivity index is 1.81. The van der Waals surface area contributed by atoms with Gasteiger partial charge in [-0.05, 0) is 55.4 Å². The van der Waals surface area contributed by atoms with E-state index in [-0.39, 0.29) is 12.3 Å². The summed E-state index contributed by atoms with van der Waals surface area (Å²) in [5, 5.41) is 20.3. The highest BCUT2D eigenvalue weighted by Crippen LogP contribution is 2.36. The van der Waals surface area contributed by atoms with E-state index in [1.54, 1.807) is 14.2 Å². The SMILES string of the molecule is COc1cc([C@@H](O)[C@@H](CCCc2ccccc2)Cc2ncc(CC(=O)O)o2)cc(OC)c1C. The van der Waals surface area contributed by atoms with Crippen molar-refractivity contribution in [3.63, 3.8) is 0 Å². The van der Waals surface area contributed by atoms with Gasteiger partial charge in [-0.25, -0.2) is 4.98 Å². The summed E-state index contributed by atoms with van der Waals surface area (Å²) >= 11 is 0. The van der Waals surface area contributed by atoms with E-state index in [1.807, 2.05) is 37.3 Å². The van der Waals surface area contributed by atoms with Crippen molar-refractivity contribution in [2.45, 2.75) is 45.1 Å². The molecule has 0 radical (unpaired) electrons. The van der Waals surface area contributed by atoms with Crippen LogP contribution in [0.3, 0.4) is 0 Å². The molecule has 1 heterocycles. The number of benzene rings is 2.